The van der Waals surface area contributed by atoms with Crippen molar-refractivity contribution in [2.45, 2.75) is 32.4 Å². The molecule has 0 unspecified atom stereocenters. The maximum atomic E-state index is 12.5. The van der Waals surface area contributed by atoms with Crippen molar-refractivity contribution in [1.29, 1.82) is 0 Å². The molecule has 0 saturated heterocycles. The highest BCUT2D eigenvalue weighted by Crippen LogP contribution is 2.43. The Morgan fingerprint density at radius 3 is 2.74 bits per heavy atom. The first kappa shape index (κ1) is 18.6. The lowest BCUT2D eigenvalue weighted by Gasteiger charge is -2.40. The Hall–Kier alpha value is -1.79. The fraction of sp³-hybridized carbons (Fsp3) is 0.476. The number of nitrogens with zero attached hydrogens (tertiary/aromatic N) is 3. The number of amides is 2. The Bertz CT molecular complexity index is 928. The SMILES string of the molecule is CCN(CC)C(=O)N[C@H]1C=C2c3cccc4c3c(c(Br)n4C)C[C@H]2N(C)C1. The van der Waals surface area contributed by atoms with Gasteiger partial charge in [0.1, 0.15) is 0 Å². The van der Waals surface area contributed by atoms with Crippen LogP contribution in [0.25, 0.3) is 16.5 Å². The Labute approximate surface area is 169 Å². The van der Waals surface area contributed by atoms with E-state index in [4.69, 9.17) is 0 Å². The van der Waals surface area contributed by atoms with Crippen LogP contribution < -0.4 is 5.32 Å². The van der Waals surface area contributed by atoms with Gasteiger partial charge in [0.25, 0.3) is 0 Å². The molecule has 0 radical (unpaired) electrons. The molecule has 1 N–H and O–H groups in total. The van der Waals surface area contributed by atoms with Crippen molar-refractivity contribution in [2.75, 3.05) is 26.7 Å². The minimum absolute atomic E-state index is 0.0193. The number of urea groups is 1. The van der Waals surface area contributed by atoms with Gasteiger partial charge in [0.2, 0.25) is 0 Å². The monoisotopic (exact) mass is 430 g/mol. The number of aryl methyl sites for hydroxylation is 1. The summed E-state index contributed by atoms with van der Waals surface area (Å²) < 4.78 is 3.40. The van der Waals surface area contributed by atoms with Crippen molar-refractivity contribution in [1.82, 2.24) is 19.7 Å². The van der Waals surface area contributed by atoms with E-state index in [2.05, 4.69) is 69.1 Å². The highest BCUT2D eigenvalue weighted by molar-refractivity contribution is 9.10. The molecule has 0 spiro atoms. The molecule has 2 amide bonds. The minimum Gasteiger partial charge on any atom is -0.338 e. The fourth-order valence-electron chi connectivity index (χ4n) is 4.61. The lowest BCUT2D eigenvalue weighted by molar-refractivity contribution is 0.193. The van der Waals surface area contributed by atoms with Crippen LogP contribution >= 0.6 is 15.9 Å². The van der Waals surface area contributed by atoms with Gasteiger partial charge in [0.05, 0.1) is 10.6 Å². The second-order valence-electron chi connectivity index (χ2n) is 7.54. The van der Waals surface area contributed by atoms with Crippen LogP contribution in [0.1, 0.15) is 25.0 Å². The average molecular weight is 431 g/mol. The average Bonchev–Trinajstić information content (AvgIpc) is 2.90. The molecule has 1 aromatic heterocycles. The molecule has 0 saturated carbocycles. The van der Waals surface area contributed by atoms with E-state index in [1.807, 2.05) is 18.7 Å². The predicted octanol–water partition coefficient (Wildman–Crippen LogP) is 3.61. The van der Waals surface area contributed by atoms with Crippen LogP contribution in [-0.4, -0.2) is 59.2 Å². The Kier molecular flexibility index (Phi) is 4.80. The number of aromatic nitrogens is 1. The summed E-state index contributed by atoms with van der Waals surface area (Å²) in [7, 11) is 4.27. The van der Waals surface area contributed by atoms with Crippen LogP contribution in [0.3, 0.4) is 0 Å². The lowest BCUT2D eigenvalue weighted by Crippen LogP contribution is -2.52. The van der Waals surface area contributed by atoms with Gasteiger partial charge >= 0.3 is 6.03 Å². The third kappa shape index (κ3) is 2.90. The quantitative estimate of drug-likeness (QED) is 0.807. The van der Waals surface area contributed by atoms with Gasteiger partial charge in [-0.3, -0.25) is 4.90 Å². The molecular weight excluding hydrogens is 404 g/mol. The highest BCUT2D eigenvalue weighted by Gasteiger charge is 2.35. The van der Waals surface area contributed by atoms with E-state index in [-0.39, 0.29) is 12.1 Å². The van der Waals surface area contributed by atoms with Crippen molar-refractivity contribution in [3.8, 4) is 0 Å². The van der Waals surface area contributed by atoms with Crippen LogP contribution in [0.5, 0.6) is 0 Å². The number of fused-ring (bicyclic) bond motifs is 2. The van der Waals surface area contributed by atoms with E-state index in [0.29, 0.717) is 6.04 Å². The van der Waals surface area contributed by atoms with Crippen molar-refractivity contribution in [3.05, 3.63) is 40.0 Å². The van der Waals surface area contributed by atoms with Crippen molar-refractivity contribution in [3.63, 3.8) is 0 Å². The minimum atomic E-state index is 0.0193. The number of likely N-dealkylation sites (N-methyl/N-ethyl adjacent to an activating group) is 1. The standard InChI is InChI=1S/C21H27BrN4O/c1-5-26(6-2)21(27)23-13-10-15-14-8-7-9-17-19(14)16(20(22)25(17)4)11-18(15)24(3)12-13/h7-10,13,18H,5-6,11-12H2,1-4H3,(H,23,27)/t13-,18+/m0/s1. The number of rotatable bonds is 3. The van der Waals surface area contributed by atoms with E-state index in [1.54, 1.807) is 0 Å². The summed E-state index contributed by atoms with van der Waals surface area (Å²) in [5.74, 6) is 0. The third-order valence-corrected chi connectivity index (χ3v) is 7.08. The van der Waals surface area contributed by atoms with E-state index in [1.165, 1.54) is 32.2 Å². The number of halogens is 1. The van der Waals surface area contributed by atoms with E-state index < -0.39 is 0 Å². The molecule has 1 aromatic carbocycles. The van der Waals surface area contributed by atoms with Gasteiger partial charge in [-0.05, 0) is 66.0 Å². The van der Waals surface area contributed by atoms with E-state index in [0.717, 1.165) is 26.1 Å². The molecule has 6 heteroatoms. The van der Waals surface area contributed by atoms with Crippen LogP contribution in [0.4, 0.5) is 4.79 Å². The number of nitrogens with one attached hydrogen (secondary N) is 1. The molecule has 1 aliphatic heterocycles. The van der Waals surface area contributed by atoms with Gasteiger partial charge in [-0.25, -0.2) is 4.79 Å². The number of hydrogen-bond donors (Lipinski definition) is 1. The zero-order valence-electron chi connectivity index (χ0n) is 16.4. The number of benzene rings is 1. The normalized spacial score (nSPS) is 21.7. The number of carbonyl (C=O) groups excluding carboxylic acids is 1. The summed E-state index contributed by atoms with van der Waals surface area (Å²) in [4.78, 5) is 16.7. The molecule has 2 aliphatic rings. The van der Waals surface area contributed by atoms with Crippen molar-refractivity contribution in [2.24, 2.45) is 7.05 Å². The molecule has 2 aromatic rings. The zero-order chi connectivity index (χ0) is 19.3. The summed E-state index contributed by atoms with van der Waals surface area (Å²) >= 11 is 3.80. The van der Waals surface area contributed by atoms with Gasteiger partial charge in [-0.1, -0.05) is 18.2 Å². The molecule has 5 nitrogen and oxygen atoms in total. The molecular formula is C21H27BrN4O. The number of hydrogen-bond acceptors (Lipinski definition) is 2. The second-order valence-corrected chi connectivity index (χ2v) is 8.29. The van der Waals surface area contributed by atoms with Gasteiger partial charge in [-0.2, -0.15) is 0 Å². The summed E-state index contributed by atoms with van der Waals surface area (Å²) in [5.41, 5.74) is 5.28. The second kappa shape index (κ2) is 6.99. The number of carbonyl (C=O) groups is 1. The first-order valence-corrected chi connectivity index (χ1v) is 10.5. The molecule has 0 bridgehead atoms. The summed E-state index contributed by atoms with van der Waals surface area (Å²) in [6, 6.07) is 6.93. The molecule has 27 heavy (non-hydrogen) atoms. The smallest absolute Gasteiger partial charge is 0.317 e. The Morgan fingerprint density at radius 1 is 1.30 bits per heavy atom. The predicted molar refractivity (Wildman–Crippen MR) is 114 cm³/mol. The maximum Gasteiger partial charge on any atom is 0.317 e. The van der Waals surface area contributed by atoms with Gasteiger partial charge in [0, 0.05) is 43.6 Å². The van der Waals surface area contributed by atoms with Gasteiger partial charge < -0.3 is 14.8 Å². The fourth-order valence-corrected chi connectivity index (χ4v) is 5.16. The van der Waals surface area contributed by atoms with E-state index in [9.17, 15) is 4.79 Å². The largest absolute Gasteiger partial charge is 0.338 e. The first-order chi connectivity index (χ1) is 13.0. The van der Waals surface area contributed by atoms with Crippen LogP contribution in [-0.2, 0) is 13.5 Å². The highest BCUT2D eigenvalue weighted by atomic mass is 79.9. The Balaban J connectivity index is 1.75. The molecule has 1 aliphatic carbocycles. The molecule has 2 heterocycles. The summed E-state index contributed by atoms with van der Waals surface area (Å²) in [5, 5.41) is 4.56. The molecule has 2 atom stereocenters. The lowest BCUT2D eigenvalue weighted by atomic mass is 9.81. The maximum absolute atomic E-state index is 12.5. The molecule has 144 valence electrons. The molecule has 4 rings (SSSR count). The van der Waals surface area contributed by atoms with Crippen molar-refractivity contribution >= 4 is 38.4 Å². The van der Waals surface area contributed by atoms with Crippen LogP contribution in [0, 0.1) is 0 Å². The Morgan fingerprint density at radius 2 is 2.04 bits per heavy atom. The van der Waals surface area contributed by atoms with Crippen LogP contribution in [0.2, 0.25) is 0 Å². The topological polar surface area (TPSA) is 40.5 Å². The van der Waals surface area contributed by atoms with Gasteiger partial charge in [0.15, 0.2) is 0 Å². The van der Waals surface area contributed by atoms with Crippen molar-refractivity contribution < 1.29 is 4.79 Å². The first-order valence-electron chi connectivity index (χ1n) is 9.69. The summed E-state index contributed by atoms with van der Waals surface area (Å²) in [6.07, 6.45) is 3.28. The van der Waals surface area contributed by atoms with E-state index >= 15 is 0 Å². The third-order valence-electron chi connectivity index (χ3n) is 6.07. The van der Waals surface area contributed by atoms with Gasteiger partial charge in [-0.15, -0.1) is 0 Å². The molecule has 0 fully saturated rings. The zero-order valence-corrected chi connectivity index (χ0v) is 18.0. The van der Waals surface area contributed by atoms with Crippen LogP contribution in [0.15, 0.2) is 28.9 Å². The summed E-state index contributed by atoms with van der Waals surface area (Å²) in [6.45, 7) is 6.31.